The molecule has 0 saturated carbocycles. The number of aryl methyl sites for hydroxylation is 1. The van der Waals surface area contributed by atoms with Crippen molar-refractivity contribution in [3.05, 3.63) is 29.8 Å². The van der Waals surface area contributed by atoms with Crippen molar-refractivity contribution in [2.75, 3.05) is 26.2 Å². The Kier molecular flexibility index (Phi) is 5.79. The SMILES string of the molecule is CC1CCCN(C(=O)CCc2ccc(S(=O)(=O)N3CCCC3)cc2)C1. The smallest absolute Gasteiger partial charge is 0.243 e. The van der Waals surface area contributed by atoms with E-state index >= 15 is 0 Å². The minimum atomic E-state index is -3.35. The van der Waals surface area contributed by atoms with Crippen LogP contribution in [0.1, 0.15) is 44.6 Å². The van der Waals surface area contributed by atoms with Crippen molar-refractivity contribution in [3.63, 3.8) is 0 Å². The Labute approximate surface area is 151 Å². The number of amides is 1. The predicted octanol–water partition coefficient (Wildman–Crippen LogP) is 2.66. The molecule has 1 atom stereocenters. The van der Waals surface area contributed by atoms with Crippen LogP contribution in [0.4, 0.5) is 0 Å². The number of carbonyl (C=O) groups is 1. The van der Waals surface area contributed by atoms with Gasteiger partial charge in [-0.3, -0.25) is 4.79 Å². The Morgan fingerprint density at radius 2 is 1.76 bits per heavy atom. The third kappa shape index (κ3) is 4.42. The first kappa shape index (κ1) is 18.4. The van der Waals surface area contributed by atoms with Gasteiger partial charge in [-0.05, 0) is 55.7 Å². The molecule has 2 aliphatic rings. The summed E-state index contributed by atoms with van der Waals surface area (Å²) in [7, 11) is -3.35. The normalized spacial score (nSPS) is 22.3. The summed E-state index contributed by atoms with van der Waals surface area (Å²) in [5, 5.41) is 0. The van der Waals surface area contributed by atoms with E-state index in [-0.39, 0.29) is 5.91 Å². The van der Waals surface area contributed by atoms with Gasteiger partial charge in [0.15, 0.2) is 0 Å². The molecular weight excluding hydrogens is 336 g/mol. The first-order chi connectivity index (χ1) is 12.0. The molecule has 5 nitrogen and oxygen atoms in total. The fourth-order valence-electron chi connectivity index (χ4n) is 3.73. The summed E-state index contributed by atoms with van der Waals surface area (Å²) in [6.45, 7) is 5.17. The molecule has 1 aromatic carbocycles. The van der Waals surface area contributed by atoms with E-state index in [0.29, 0.717) is 36.7 Å². The van der Waals surface area contributed by atoms with Crippen LogP contribution in [-0.2, 0) is 21.2 Å². The highest BCUT2D eigenvalue weighted by atomic mass is 32.2. The summed E-state index contributed by atoms with van der Waals surface area (Å²) in [5.41, 5.74) is 1.01. The Bertz CT molecular complexity index is 694. The van der Waals surface area contributed by atoms with Gasteiger partial charge in [0.1, 0.15) is 0 Å². The van der Waals surface area contributed by atoms with Gasteiger partial charge in [-0.25, -0.2) is 8.42 Å². The van der Waals surface area contributed by atoms with Gasteiger partial charge in [-0.15, -0.1) is 0 Å². The maximum Gasteiger partial charge on any atom is 0.243 e. The van der Waals surface area contributed by atoms with Gasteiger partial charge in [0.2, 0.25) is 15.9 Å². The van der Waals surface area contributed by atoms with Crippen molar-refractivity contribution in [3.8, 4) is 0 Å². The molecule has 2 heterocycles. The third-order valence-electron chi connectivity index (χ3n) is 5.26. The first-order valence-corrected chi connectivity index (χ1v) is 10.8. The highest BCUT2D eigenvalue weighted by Gasteiger charge is 2.27. The molecular formula is C19H28N2O3S. The van der Waals surface area contributed by atoms with Crippen LogP contribution < -0.4 is 0 Å². The number of nitrogens with zero attached hydrogens (tertiary/aromatic N) is 2. The van der Waals surface area contributed by atoms with Crippen LogP contribution in [0, 0.1) is 5.92 Å². The zero-order valence-corrected chi connectivity index (χ0v) is 15.8. The maximum absolute atomic E-state index is 12.5. The average Bonchev–Trinajstić information content (AvgIpc) is 3.15. The maximum atomic E-state index is 12.5. The number of rotatable bonds is 5. The first-order valence-electron chi connectivity index (χ1n) is 9.33. The number of hydrogen-bond acceptors (Lipinski definition) is 3. The molecule has 0 aromatic heterocycles. The lowest BCUT2D eigenvalue weighted by Gasteiger charge is -2.31. The average molecular weight is 365 g/mol. The standard InChI is InChI=1S/C19H28N2O3S/c1-16-5-4-12-20(15-16)19(22)11-8-17-6-9-18(10-7-17)25(23,24)21-13-2-3-14-21/h6-7,9-10,16H,2-5,8,11-15H2,1H3. The Balaban J connectivity index is 1.56. The van der Waals surface area contributed by atoms with E-state index in [1.54, 1.807) is 16.4 Å². The quantitative estimate of drug-likeness (QED) is 0.807. The summed E-state index contributed by atoms with van der Waals surface area (Å²) in [6.07, 6.45) is 5.33. The monoisotopic (exact) mass is 364 g/mol. The van der Waals surface area contributed by atoms with Crippen LogP contribution in [0.5, 0.6) is 0 Å². The molecule has 3 rings (SSSR count). The lowest BCUT2D eigenvalue weighted by atomic mass is 9.99. The van der Waals surface area contributed by atoms with Crippen molar-refractivity contribution in [1.29, 1.82) is 0 Å². The molecule has 6 heteroatoms. The number of sulfonamides is 1. The van der Waals surface area contributed by atoms with Gasteiger partial charge in [0.05, 0.1) is 4.90 Å². The van der Waals surface area contributed by atoms with Crippen LogP contribution >= 0.6 is 0 Å². The van der Waals surface area contributed by atoms with Crippen molar-refractivity contribution < 1.29 is 13.2 Å². The van der Waals surface area contributed by atoms with E-state index in [4.69, 9.17) is 0 Å². The predicted molar refractivity (Wildman–Crippen MR) is 97.7 cm³/mol. The highest BCUT2D eigenvalue weighted by molar-refractivity contribution is 7.89. The minimum Gasteiger partial charge on any atom is -0.342 e. The lowest BCUT2D eigenvalue weighted by Crippen LogP contribution is -2.39. The number of benzene rings is 1. The summed E-state index contributed by atoms with van der Waals surface area (Å²) in [4.78, 5) is 14.7. The summed E-state index contributed by atoms with van der Waals surface area (Å²) in [5.74, 6) is 0.799. The fourth-order valence-corrected chi connectivity index (χ4v) is 5.25. The Morgan fingerprint density at radius 3 is 2.40 bits per heavy atom. The molecule has 0 spiro atoms. The van der Waals surface area contributed by atoms with Gasteiger partial charge in [0.25, 0.3) is 0 Å². The van der Waals surface area contributed by atoms with E-state index in [1.165, 1.54) is 6.42 Å². The van der Waals surface area contributed by atoms with Crippen LogP contribution in [0.25, 0.3) is 0 Å². The van der Waals surface area contributed by atoms with E-state index < -0.39 is 10.0 Å². The molecule has 1 aromatic rings. The van der Waals surface area contributed by atoms with Gasteiger partial charge < -0.3 is 4.90 Å². The molecule has 1 amide bonds. The Hall–Kier alpha value is -1.40. The Morgan fingerprint density at radius 1 is 1.08 bits per heavy atom. The lowest BCUT2D eigenvalue weighted by molar-refractivity contribution is -0.132. The zero-order valence-electron chi connectivity index (χ0n) is 15.0. The zero-order chi connectivity index (χ0) is 17.9. The molecule has 2 saturated heterocycles. The van der Waals surface area contributed by atoms with Gasteiger partial charge in [-0.1, -0.05) is 19.1 Å². The summed E-state index contributed by atoms with van der Waals surface area (Å²) >= 11 is 0. The number of carbonyl (C=O) groups excluding carboxylic acids is 1. The van der Waals surface area contributed by atoms with E-state index in [0.717, 1.165) is 37.9 Å². The molecule has 138 valence electrons. The minimum absolute atomic E-state index is 0.209. The second kappa shape index (κ2) is 7.87. The third-order valence-corrected chi connectivity index (χ3v) is 7.18. The van der Waals surface area contributed by atoms with Crippen LogP contribution in [0.3, 0.4) is 0 Å². The van der Waals surface area contributed by atoms with E-state index in [2.05, 4.69) is 6.92 Å². The van der Waals surface area contributed by atoms with E-state index in [1.807, 2.05) is 17.0 Å². The molecule has 0 N–H and O–H groups in total. The largest absolute Gasteiger partial charge is 0.342 e. The number of likely N-dealkylation sites (tertiary alicyclic amines) is 1. The summed E-state index contributed by atoms with van der Waals surface area (Å²) in [6, 6.07) is 7.04. The van der Waals surface area contributed by atoms with Crippen molar-refractivity contribution in [1.82, 2.24) is 9.21 Å². The van der Waals surface area contributed by atoms with Gasteiger partial charge >= 0.3 is 0 Å². The fraction of sp³-hybridized carbons (Fsp3) is 0.632. The topological polar surface area (TPSA) is 57.7 Å². The van der Waals surface area contributed by atoms with Crippen molar-refractivity contribution in [2.24, 2.45) is 5.92 Å². The summed E-state index contributed by atoms with van der Waals surface area (Å²) < 4.78 is 26.6. The van der Waals surface area contributed by atoms with Gasteiger partial charge in [-0.2, -0.15) is 4.31 Å². The van der Waals surface area contributed by atoms with Crippen molar-refractivity contribution >= 4 is 15.9 Å². The number of piperidine rings is 1. The molecule has 2 fully saturated rings. The molecule has 25 heavy (non-hydrogen) atoms. The molecule has 0 bridgehead atoms. The van der Waals surface area contributed by atoms with Crippen LogP contribution in [-0.4, -0.2) is 49.7 Å². The van der Waals surface area contributed by atoms with Crippen LogP contribution in [0.2, 0.25) is 0 Å². The molecule has 2 aliphatic heterocycles. The second-order valence-electron chi connectivity index (χ2n) is 7.34. The number of hydrogen-bond donors (Lipinski definition) is 0. The van der Waals surface area contributed by atoms with E-state index in [9.17, 15) is 13.2 Å². The van der Waals surface area contributed by atoms with Crippen molar-refractivity contribution in [2.45, 2.75) is 50.3 Å². The second-order valence-corrected chi connectivity index (χ2v) is 9.28. The molecule has 1 unspecified atom stereocenters. The van der Waals surface area contributed by atoms with Crippen LogP contribution in [0.15, 0.2) is 29.2 Å². The molecule has 0 aliphatic carbocycles. The molecule has 0 radical (unpaired) electrons. The van der Waals surface area contributed by atoms with Gasteiger partial charge in [0, 0.05) is 32.6 Å². The highest BCUT2D eigenvalue weighted by Crippen LogP contribution is 2.22.